The average molecular weight is 438 g/mol. The maximum Gasteiger partial charge on any atom is 0.0105 e. The van der Waals surface area contributed by atoms with Gasteiger partial charge in [-0.2, -0.15) is 0 Å². The molecule has 0 aliphatic heterocycles. The summed E-state index contributed by atoms with van der Waals surface area (Å²) in [6.07, 6.45) is 16.7. The fourth-order valence-electron chi connectivity index (χ4n) is 7.54. The number of rotatable bonds is 9. The first kappa shape index (κ1) is 26.6. The van der Waals surface area contributed by atoms with Crippen molar-refractivity contribution in [2.75, 3.05) is 6.16 Å². The van der Waals surface area contributed by atoms with Crippen molar-refractivity contribution in [1.82, 2.24) is 0 Å². The third-order valence-corrected chi connectivity index (χ3v) is 10.7. The molecule has 0 aromatic carbocycles. The van der Waals surface area contributed by atoms with Crippen molar-refractivity contribution in [1.29, 1.82) is 0 Å². The summed E-state index contributed by atoms with van der Waals surface area (Å²) in [6, 6.07) is 0.354. The highest BCUT2D eigenvalue weighted by Crippen LogP contribution is 2.45. The molecule has 2 heteroatoms. The lowest BCUT2D eigenvalue weighted by Gasteiger charge is -2.43. The minimum atomic E-state index is 0.354. The molecule has 0 radical (unpaired) electrons. The molecular weight excluding hydrogens is 381 g/mol. The van der Waals surface area contributed by atoms with Gasteiger partial charge in [0.05, 0.1) is 0 Å². The van der Waals surface area contributed by atoms with E-state index in [1.807, 2.05) is 0 Å². The van der Waals surface area contributed by atoms with Crippen LogP contribution in [0.3, 0.4) is 0 Å². The number of hydrogen-bond acceptors (Lipinski definition) is 1. The predicted octanol–water partition coefficient (Wildman–Crippen LogP) is 8.17. The van der Waals surface area contributed by atoms with Gasteiger partial charge in [0, 0.05) is 6.04 Å². The molecule has 1 nitrogen and oxygen atoms in total. The van der Waals surface area contributed by atoms with Crippen LogP contribution in [0.2, 0.25) is 0 Å². The van der Waals surface area contributed by atoms with Crippen molar-refractivity contribution in [2.24, 2.45) is 59.0 Å². The molecular formula is C28H56NP. The third kappa shape index (κ3) is 6.94. The Morgan fingerprint density at radius 2 is 1.60 bits per heavy atom. The lowest BCUT2D eigenvalue weighted by Crippen LogP contribution is -2.40. The molecule has 0 amide bonds. The molecule has 0 spiro atoms. The Balaban J connectivity index is 2.11. The largest absolute Gasteiger partial charge is 0.327 e. The van der Waals surface area contributed by atoms with E-state index in [-0.39, 0.29) is 0 Å². The number of nitrogens with two attached hydrogens (primary N) is 1. The van der Waals surface area contributed by atoms with Gasteiger partial charge in [0.15, 0.2) is 0 Å². The van der Waals surface area contributed by atoms with Crippen LogP contribution in [0.4, 0.5) is 0 Å². The maximum absolute atomic E-state index is 6.79. The minimum Gasteiger partial charge on any atom is -0.327 e. The Morgan fingerprint density at radius 3 is 2.20 bits per heavy atom. The first-order valence-electron chi connectivity index (χ1n) is 13.8. The van der Waals surface area contributed by atoms with Gasteiger partial charge < -0.3 is 5.73 Å². The fourth-order valence-corrected chi connectivity index (χ4v) is 7.89. The quantitative estimate of drug-likeness (QED) is 0.362. The molecule has 0 bridgehead atoms. The molecule has 0 aromatic heterocycles. The second-order valence-electron chi connectivity index (χ2n) is 11.7. The molecule has 0 saturated heterocycles. The molecule has 0 heterocycles. The zero-order valence-electron chi connectivity index (χ0n) is 21.4. The van der Waals surface area contributed by atoms with Crippen LogP contribution < -0.4 is 5.73 Å². The Hall–Kier alpha value is 0.390. The topological polar surface area (TPSA) is 26.0 Å². The van der Waals surface area contributed by atoms with Crippen LogP contribution in [0, 0.1) is 53.3 Å². The van der Waals surface area contributed by atoms with E-state index in [0.29, 0.717) is 12.0 Å². The molecule has 2 aliphatic carbocycles. The second kappa shape index (κ2) is 13.2. The van der Waals surface area contributed by atoms with E-state index in [4.69, 9.17) is 5.73 Å². The van der Waals surface area contributed by atoms with Crippen molar-refractivity contribution in [3.05, 3.63) is 0 Å². The molecule has 2 aliphatic rings. The van der Waals surface area contributed by atoms with Gasteiger partial charge in [0.1, 0.15) is 0 Å². The van der Waals surface area contributed by atoms with Crippen LogP contribution >= 0.6 is 9.24 Å². The van der Waals surface area contributed by atoms with Crippen LogP contribution in [-0.2, 0) is 0 Å². The van der Waals surface area contributed by atoms with E-state index in [2.05, 4.69) is 50.8 Å². The molecule has 2 rings (SSSR count). The Bertz CT molecular complexity index is 466. The molecule has 11 unspecified atom stereocenters. The molecule has 11 atom stereocenters. The Labute approximate surface area is 192 Å². The Kier molecular flexibility index (Phi) is 11.7. The van der Waals surface area contributed by atoms with Gasteiger partial charge in [-0.25, -0.2) is 0 Å². The van der Waals surface area contributed by atoms with Gasteiger partial charge in [-0.05, 0) is 85.1 Å². The summed E-state index contributed by atoms with van der Waals surface area (Å²) >= 11 is 0. The highest BCUT2D eigenvalue weighted by Gasteiger charge is 2.37. The van der Waals surface area contributed by atoms with E-state index in [1.165, 1.54) is 70.6 Å². The number of hydrogen-bond donors (Lipinski definition) is 1. The summed E-state index contributed by atoms with van der Waals surface area (Å²) < 4.78 is 0. The molecule has 0 aromatic rings. The second-order valence-corrected chi connectivity index (χ2v) is 12.1. The molecule has 2 fully saturated rings. The summed E-state index contributed by atoms with van der Waals surface area (Å²) in [4.78, 5) is 0. The van der Waals surface area contributed by atoms with Gasteiger partial charge in [0.25, 0.3) is 0 Å². The minimum absolute atomic E-state index is 0.354. The van der Waals surface area contributed by atoms with Gasteiger partial charge in [0.2, 0.25) is 0 Å². The van der Waals surface area contributed by atoms with Gasteiger partial charge >= 0.3 is 0 Å². The van der Waals surface area contributed by atoms with E-state index in [1.54, 1.807) is 0 Å². The fraction of sp³-hybridized carbons (Fsp3) is 1.00. The van der Waals surface area contributed by atoms with Crippen molar-refractivity contribution >= 4 is 9.24 Å². The highest BCUT2D eigenvalue weighted by molar-refractivity contribution is 7.16. The predicted molar refractivity (Wildman–Crippen MR) is 139 cm³/mol. The summed E-state index contributed by atoms with van der Waals surface area (Å²) in [5.41, 5.74) is 6.79. The van der Waals surface area contributed by atoms with Crippen molar-refractivity contribution in [2.45, 2.75) is 118 Å². The third-order valence-electron chi connectivity index (χ3n) is 10.2. The lowest BCUT2D eigenvalue weighted by molar-refractivity contribution is 0.0754. The zero-order chi connectivity index (χ0) is 22.3. The van der Waals surface area contributed by atoms with E-state index in [0.717, 1.165) is 53.5 Å². The van der Waals surface area contributed by atoms with E-state index < -0.39 is 0 Å². The van der Waals surface area contributed by atoms with Crippen LogP contribution in [0.5, 0.6) is 0 Å². The van der Waals surface area contributed by atoms with Gasteiger partial charge in [-0.1, -0.05) is 86.5 Å². The van der Waals surface area contributed by atoms with Gasteiger partial charge in [-0.3, -0.25) is 0 Å². The zero-order valence-corrected chi connectivity index (χ0v) is 22.6. The normalized spacial score (nSPS) is 39.0. The summed E-state index contributed by atoms with van der Waals surface area (Å²) in [5, 5.41) is 0. The van der Waals surface area contributed by atoms with Crippen LogP contribution in [0.15, 0.2) is 0 Å². The van der Waals surface area contributed by atoms with Crippen molar-refractivity contribution in [3.8, 4) is 0 Å². The molecule has 178 valence electrons. The first-order valence-corrected chi connectivity index (χ1v) is 14.6. The lowest BCUT2D eigenvalue weighted by atomic mass is 9.63. The average Bonchev–Trinajstić information content (AvgIpc) is 2.75. The van der Waals surface area contributed by atoms with Gasteiger partial charge in [-0.15, -0.1) is 9.24 Å². The van der Waals surface area contributed by atoms with Crippen molar-refractivity contribution < 1.29 is 0 Å². The monoisotopic (exact) mass is 437 g/mol. The molecule has 30 heavy (non-hydrogen) atoms. The van der Waals surface area contributed by atoms with E-state index >= 15 is 0 Å². The smallest absolute Gasteiger partial charge is 0.0105 e. The Morgan fingerprint density at radius 1 is 0.900 bits per heavy atom. The van der Waals surface area contributed by atoms with Crippen molar-refractivity contribution in [3.63, 3.8) is 0 Å². The van der Waals surface area contributed by atoms with Crippen LogP contribution in [-0.4, -0.2) is 12.2 Å². The first-order chi connectivity index (χ1) is 14.3. The summed E-state index contributed by atoms with van der Waals surface area (Å²) in [5.74, 6) is 7.80. The SMILES string of the molecule is CCC1CC(C(C)C(CCC2CCCCC2C)C(N)CP)CCC(C)C(C)C1CC. The van der Waals surface area contributed by atoms with Crippen LogP contribution in [0.25, 0.3) is 0 Å². The molecule has 2 saturated carbocycles. The van der Waals surface area contributed by atoms with E-state index in [9.17, 15) is 0 Å². The van der Waals surface area contributed by atoms with Crippen LogP contribution in [0.1, 0.15) is 112 Å². The highest BCUT2D eigenvalue weighted by atomic mass is 31.0. The summed E-state index contributed by atoms with van der Waals surface area (Å²) in [6.45, 7) is 15.1. The maximum atomic E-state index is 6.79. The summed E-state index contributed by atoms with van der Waals surface area (Å²) in [7, 11) is 2.95. The molecule has 2 N–H and O–H groups in total. The standard InChI is InChI=1S/C28H56NP/c1-7-23-17-25(14-13-19(3)21(5)26(23)8-2)22(6)27(28(29)18-30)16-15-24-12-10-9-11-20(24)4/h19-28H,7-18,29-30H2,1-6H3.